The number of benzene rings is 2. The normalized spacial score (nSPS) is 15.4. The van der Waals surface area contributed by atoms with Crippen LogP contribution >= 0.6 is 0 Å². The fourth-order valence-electron chi connectivity index (χ4n) is 3.86. The van der Waals surface area contributed by atoms with Crippen molar-refractivity contribution in [2.45, 2.75) is 19.8 Å². The average molecular weight is 440 g/mol. The minimum absolute atomic E-state index is 0.0854. The van der Waals surface area contributed by atoms with Crippen LogP contribution in [0, 0.1) is 5.92 Å². The first-order chi connectivity index (χ1) is 15.4. The highest BCUT2D eigenvalue weighted by Crippen LogP contribution is 2.34. The van der Waals surface area contributed by atoms with E-state index in [1.54, 1.807) is 37.3 Å². The lowest BCUT2D eigenvalue weighted by Gasteiger charge is -2.22. The van der Waals surface area contributed by atoms with Crippen molar-refractivity contribution in [1.29, 1.82) is 0 Å². The molecule has 0 aromatic heterocycles. The molecule has 2 aromatic rings. The van der Waals surface area contributed by atoms with Crippen molar-refractivity contribution in [3.63, 3.8) is 0 Å². The maximum absolute atomic E-state index is 12.9. The number of aryl methyl sites for hydroxylation is 1. The second-order valence-electron chi connectivity index (χ2n) is 7.70. The molecule has 1 heterocycles. The molecule has 8 nitrogen and oxygen atoms in total. The smallest absolute Gasteiger partial charge is 0.243 e. The number of methoxy groups -OCH3 is 2. The molecule has 170 valence electrons. The van der Waals surface area contributed by atoms with Crippen molar-refractivity contribution in [3.05, 3.63) is 48.0 Å². The lowest BCUT2D eigenvalue weighted by molar-refractivity contribution is -0.137. The average Bonchev–Trinajstić information content (AvgIpc) is 3.19. The van der Waals surface area contributed by atoms with Gasteiger partial charge in [-0.2, -0.15) is 0 Å². The molecule has 1 atom stereocenters. The van der Waals surface area contributed by atoms with Crippen LogP contribution in [0.25, 0.3) is 0 Å². The second kappa shape index (κ2) is 10.2. The largest absolute Gasteiger partial charge is 0.493 e. The maximum Gasteiger partial charge on any atom is 0.243 e. The molecular formula is C24H29N3O5. The molecule has 1 unspecified atom stereocenters. The van der Waals surface area contributed by atoms with Gasteiger partial charge < -0.3 is 24.6 Å². The van der Waals surface area contributed by atoms with E-state index in [-0.39, 0.29) is 37.2 Å². The van der Waals surface area contributed by atoms with Gasteiger partial charge in [0, 0.05) is 37.5 Å². The van der Waals surface area contributed by atoms with Crippen molar-refractivity contribution in [1.82, 2.24) is 4.90 Å². The fraction of sp³-hybridized carbons (Fsp3) is 0.375. The molecule has 2 aromatic carbocycles. The van der Waals surface area contributed by atoms with E-state index in [0.717, 1.165) is 17.7 Å². The Morgan fingerprint density at radius 3 is 2.53 bits per heavy atom. The number of anilines is 2. The highest BCUT2D eigenvalue weighted by atomic mass is 16.5. The van der Waals surface area contributed by atoms with E-state index in [4.69, 9.17) is 9.47 Å². The summed E-state index contributed by atoms with van der Waals surface area (Å²) in [6, 6.07) is 12.8. The molecule has 0 bridgehead atoms. The Bertz CT molecular complexity index is 1010. The maximum atomic E-state index is 12.9. The third-order valence-corrected chi connectivity index (χ3v) is 5.58. The Morgan fingerprint density at radius 2 is 1.84 bits per heavy atom. The number of nitrogens with zero attached hydrogens (tertiary/aromatic N) is 2. The van der Waals surface area contributed by atoms with Crippen LogP contribution < -0.4 is 19.7 Å². The Morgan fingerprint density at radius 1 is 1.12 bits per heavy atom. The number of carbonyl (C=O) groups excluding carboxylic acids is 3. The van der Waals surface area contributed by atoms with Crippen LogP contribution in [0.2, 0.25) is 0 Å². The highest BCUT2D eigenvalue weighted by molar-refractivity contribution is 6.01. The summed E-state index contributed by atoms with van der Waals surface area (Å²) in [4.78, 5) is 41.0. The predicted octanol–water partition coefficient (Wildman–Crippen LogP) is 2.72. The van der Waals surface area contributed by atoms with E-state index < -0.39 is 5.92 Å². The van der Waals surface area contributed by atoms with Crippen molar-refractivity contribution in [2.24, 2.45) is 5.92 Å². The molecule has 3 rings (SSSR count). The summed E-state index contributed by atoms with van der Waals surface area (Å²) in [7, 11) is 4.65. The quantitative estimate of drug-likeness (QED) is 0.683. The summed E-state index contributed by atoms with van der Waals surface area (Å²) in [6.45, 7) is 2.18. The molecule has 1 N–H and O–H groups in total. The van der Waals surface area contributed by atoms with Crippen LogP contribution in [-0.4, -0.2) is 57.0 Å². The van der Waals surface area contributed by atoms with E-state index >= 15 is 0 Å². The first-order valence-corrected chi connectivity index (χ1v) is 10.5. The van der Waals surface area contributed by atoms with Crippen molar-refractivity contribution in [2.75, 3.05) is 44.6 Å². The van der Waals surface area contributed by atoms with Gasteiger partial charge >= 0.3 is 0 Å². The fourth-order valence-corrected chi connectivity index (χ4v) is 3.86. The monoisotopic (exact) mass is 439 g/mol. The molecule has 8 heteroatoms. The molecule has 1 saturated heterocycles. The summed E-state index contributed by atoms with van der Waals surface area (Å²) in [5.41, 5.74) is 2.41. The Kier molecular flexibility index (Phi) is 7.35. The number of hydrogen-bond acceptors (Lipinski definition) is 5. The minimum Gasteiger partial charge on any atom is -0.493 e. The van der Waals surface area contributed by atoms with E-state index in [1.807, 2.05) is 31.2 Å². The summed E-state index contributed by atoms with van der Waals surface area (Å²) in [5, 5.41) is 2.87. The predicted molar refractivity (Wildman–Crippen MR) is 122 cm³/mol. The standard InChI is InChI=1S/C24H29N3O5/c1-5-16-8-6-7-9-19(16)25-22(28)15-26(2)24(30)17-12-23(29)27(14-17)18-10-11-20(31-3)21(13-18)32-4/h6-11,13,17H,5,12,14-15H2,1-4H3,(H,25,28). The number of likely N-dealkylation sites (N-methyl/N-ethyl adjacent to an activating group) is 1. The SMILES string of the molecule is CCc1ccccc1NC(=O)CN(C)C(=O)C1CC(=O)N(c2ccc(OC)c(OC)c2)C1. The Labute approximate surface area is 188 Å². The van der Waals surface area contributed by atoms with Crippen LogP contribution in [-0.2, 0) is 20.8 Å². The zero-order chi connectivity index (χ0) is 23.3. The third-order valence-electron chi connectivity index (χ3n) is 5.58. The van der Waals surface area contributed by atoms with Gasteiger partial charge in [0.25, 0.3) is 0 Å². The van der Waals surface area contributed by atoms with E-state index in [1.165, 1.54) is 12.0 Å². The minimum atomic E-state index is -0.517. The topological polar surface area (TPSA) is 88.2 Å². The van der Waals surface area contributed by atoms with Crippen LogP contribution in [0.3, 0.4) is 0 Å². The number of rotatable bonds is 8. The van der Waals surface area contributed by atoms with Gasteiger partial charge in [-0.3, -0.25) is 14.4 Å². The molecule has 0 spiro atoms. The van der Waals surface area contributed by atoms with E-state index in [9.17, 15) is 14.4 Å². The molecular weight excluding hydrogens is 410 g/mol. The molecule has 1 fully saturated rings. The lowest BCUT2D eigenvalue weighted by atomic mass is 10.1. The van der Waals surface area contributed by atoms with Gasteiger partial charge in [0.2, 0.25) is 17.7 Å². The number of para-hydroxylation sites is 1. The summed E-state index contributed by atoms with van der Waals surface area (Å²) >= 11 is 0. The van der Waals surface area contributed by atoms with Crippen LogP contribution in [0.1, 0.15) is 18.9 Å². The van der Waals surface area contributed by atoms with Gasteiger partial charge in [-0.05, 0) is 30.2 Å². The Balaban J connectivity index is 1.63. The van der Waals surface area contributed by atoms with Crippen molar-refractivity contribution >= 4 is 29.1 Å². The van der Waals surface area contributed by atoms with Crippen molar-refractivity contribution in [3.8, 4) is 11.5 Å². The molecule has 0 radical (unpaired) electrons. The number of nitrogens with one attached hydrogen (secondary N) is 1. The lowest BCUT2D eigenvalue weighted by Crippen LogP contribution is -2.39. The molecule has 0 saturated carbocycles. The van der Waals surface area contributed by atoms with Gasteiger partial charge in [-0.25, -0.2) is 0 Å². The van der Waals surface area contributed by atoms with Gasteiger partial charge in [-0.15, -0.1) is 0 Å². The first-order valence-electron chi connectivity index (χ1n) is 10.5. The van der Waals surface area contributed by atoms with Crippen LogP contribution in [0.5, 0.6) is 11.5 Å². The van der Waals surface area contributed by atoms with Gasteiger partial charge in [0.15, 0.2) is 11.5 Å². The zero-order valence-electron chi connectivity index (χ0n) is 18.9. The highest BCUT2D eigenvalue weighted by Gasteiger charge is 2.37. The van der Waals surface area contributed by atoms with Crippen LogP contribution in [0.4, 0.5) is 11.4 Å². The van der Waals surface area contributed by atoms with Gasteiger partial charge in [0.1, 0.15) is 0 Å². The number of ether oxygens (including phenoxy) is 2. The van der Waals surface area contributed by atoms with Crippen molar-refractivity contribution < 1.29 is 23.9 Å². The number of hydrogen-bond donors (Lipinski definition) is 1. The zero-order valence-corrected chi connectivity index (χ0v) is 18.9. The van der Waals surface area contributed by atoms with E-state index in [0.29, 0.717) is 17.2 Å². The molecule has 1 aliphatic heterocycles. The Hall–Kier alpha value is -3.55. The van der Waals surface area contributed by atoms with E-state index in [2.05, 4.69) is 5.32 Å². The third kappa shape index (κ3) is 5.01. The summed E-state index contributed by atoms with van der Waals surface area (Å²) < 4.78 is 10.5. The molecule has 3 amide bonds. The molecule has 32 heavy (non-hydrogen) atoms. The second-order valence-corrected chi connectivity index (χ2v) is 7.70. The van der Waals surface area contributed by atoms with Crippen LogP contribution in [0.15, 0.2) is 42.5 Å². The summed E-state index contributed by atoms with van der Waals surface area (Å²) in [6.07, 6.45) is 0.888. The number of amides is 3. The van der Waals surface area contributed by atoms with Gasteiger partial charge in [-0.1, -0.05) is 25.1 Å². The summed E-state index contributed by atoms with van der Waals surface area (Å²) in [5.74, 6) is -0.107. The first kappa shape index (κ1) is 23.1. The van der Waals surface area contributed by atoms with Gasteiger partial charge in [0.05, 0.1) is 26.7 Å². The molecule has 0 aliphatic carbocycles. The molecule has 1 aliphatic rings. The number of carbonyl (C=O) groups is 3.